The first-order valence-corrected chi connectivity index (χ1v) is 8.61. The van der Waals surface area contributed by atoms with Crippen LogP contribution in [-0.4, -0.2) is 59.1 Å². The number of nitrogens with one attached hydrogen (secondary N) is 1. The van der Waals surface area contributed by atoms with Gasteiger partial charge in [0.15, 0.2) is 0 Å². The second-order valence-corrected chi connectivity index (χ2v) is 6.76. The van der Waals surface area contributed by atoms with Gasteiger partial charge in [-0.1, -0.05) is 12.1 Å². The van der Waals surface area contributed by atoms with Crippen LogP contribution in [0, 0.1) is 0 Å². The third kappa shape index (κ3) is 4.10. The fourth-order valence-electron chi connectivity index (χ4n) is 3.90. The van der Waals surface area contributed by atoms with Crippen LogP contribution in [0.4, 0.5) is 5.69 Å². The molecule has 2 N–H and O–H groups in total. The maximum absolute atomic E-state index is 11.1. The highest BCUT2D eigenvalue weighted by Gasteiger charge is 2.35. The number of amides is 1. The Kier molecular flexibility index (Phi) is 5.30. The van der Waals surface area contributed by atoms with E-state index in [9.17, 15) is 9.90 Å². The van der Waals surface area contributed by atoms with Crippen LogP contribution in [0.1, 0.15) is 31.7 Å². The average molecular weight is 317 g/mol. The molecule has 0 aliphatic carbocycles. The van der Waals surface area contributed by atoms with Gasteiger partial charge in [-0.2, -0.15) is 0 Å². The van der Waals surface area contributed by atoms with E-state index in [-0.39, 0.29) is 12.5 Å². The zero-order valence-corrected chi connectivity index (χ0v) is 13.9. The molecular weight excluding hydrogens is 290 g/mol. The number of benzene rings is 1. The first-order valence-electron chi connectivity index (χ1n) is 8.61. The molecule has 2 aliphatic rings. The van der Waals surface area contributed by atoms with E-state index >= 15 is 0 Å². The van der Waals surface area contributed by atoms with Crippen molar-refractivity contribution in [3.63, 3.8) is 0 Å². The average Bonchev–Trinajstić information content (AvgIpc) is 2.96. The highest BCUT2D eigenvalue weighted by Crippen LogP contribution is 2.27. The summed E-state index contributed by atoms with van der Waals surface area (Å²) in [7, 11) is 0. The molecule has 0 aromatic heterocycles. The second-order valence-electron chi connectivity index (χ2n) is 6.76. The van der Waals surface area contributed by atoms with Crippen LogP contribution in [-0.2, 0) is 11.3 Å². The maximum Gasteiger partial charge on any atom is 0.221 e. The molecule has 0 saturated carbocycles. The summed E-state index contributed by atoms with van der Waals surface area (Å²) in [5.41, 5.74) is 2.10. The number of nitrogens with zero attached hydrogens (tertiary/aromatic N) is 2. The van der Waals surface area contributed by atoms with Gasteiger partial charge in [0, 0.05) is 50.9 Å². The molecule has 0 spiro atoms. The van der Waals surface area contributed by atoms with Gasteiger partial charge < -0.3 is 10.4 Å². The van der Waals surface area contributed by atoms with Crippen LogP contribution in [0.25, 0.3) is 0 Å². The zero-order chi connectivity index (χ0) is 16.2. The summed E-state index contributed by atoms with van der Waals surface area (Å²) in [6, 6.07) is 9.21. The molecule has 1 aromatic carbocycles. The third-order valence-electron chi connectivity index (χ3n) is 5.03. The monoisotopic (exact) mass is 317 g/mol. The molecule has 3 rings (SSSR count). The first kappa shape index (κ1) is 16.4. The Morgan fingerprint density at radius 3 is 2.78 bits per heavy atom. The van der Waals surface area contributed by atoms with Crippen LogP contribution in [0.2, 0.25) is 0 Å². The van der Waals surface area contributed by atoms with E-state index in [4.69, 9.17) is 0 Å². The van der Waals surface area contributed by atoms with Crippen LogP contribution >= 0.6 is 0 Å². The van der Waals surface area contributed by atoms with Crippen molar-refractivity contribution in [1.29, 1.82) is 0 Å². The van der Waals surface area contributed by atoms with Crippen LogP contribution in [0.3, 0.4) is 0 Å². The van der Waals surface area contributed by atoms with Crippen molar-refractivity contribution in [3.05, 3.63) is 29.8 Å². The van der Waals surface area contributed by atoms with E-state index in [2.05, 4.69) is 27.2 Å². The normalized spacial score (nSPS) is 25.3. The Hall–Kier alpha value is -1.43. The largest absolute Gasteiger partial charge is 0.396 e. The predicted molar refractivity (Wildman–Crippen MR) is 91.2 cm³/mol. The van der Waals surface area contributed by atoms with Gasteiger partial charge in [0.1, 0.15) is 0 Å². The summed E-state index contributed by atoms with van der Waals surface area (Å²) in [6.07, 6.45) is 3.44. The summed E-state index contributed by atoms with van der Waals surface area (Å²) >= 11 is 0. The number of fused-ring (bicyclic) bond motifs is 1. The van der Waals surface area contributed by atoms with Crippen molar-refractivity contribution in [2.45, 2.75) is 44.8 Å². The van der Waals surface area contributed by atoms with Gasteiger partial charge in [-0.3, -0.25) is 14.6 Å². The van der Waals surface area contributed by atoms with Gasteiger partial charge in [-0.15, -0.1) is 0 Å². The summed E-state index contributed by atoms with van der Waals surface area (Å²) in [5, 5.41) is 12.2. The van der Waals surface area contributed by atoms with Gasteiger partial charge in [-0.25, -0.2) is 0 Å². The van der Waals surface area contributed by atoms with Crippen molar-refractivity contribution >= 4 is 11.6 Å². The van der Waals surface area contributed by atoms with E-state index in [0.717, 1.165) is 31.7 Å². The molecule has 2 saturated heterocycles. The first-order chi connectivity index (χ1) is 11.2. The van der Waals surface area contributed by atoms with E-state index in [1.54, 1.807) is 0 Å². The lowest BCUT2D eigenvalue weighted by Crippen LogP contribution is -2.55. The summed E-state index contributed by atoms with van der Waals surface area (Å²) in [5.74, 6) is -0.0434. The van der Waals surface area contributed by atoms with E-state index in [1.165, 1.54) is 31.9 Å². The lowest BCUT2D eigenvalue weighted by Gasteiger charge is -2.43. The maximum atomic E-state index is 11.1. The standard InChI is InChI=1S/C18H27N3O2/c1-14(23)19-16-6-4-15(5-7-16)11-21-13-17-3-2-9-20(17)12-18(21)8-10-22/h4-7,17-18,22H,2-3,8-13H2,1H3,(H,19,23)/t17?,18-/m0/s1. The highest BCUT2D eigenvalue weighted by atomic mass is 16.3. The SMILES string of the molecule is CC(=O)Nc1ccc(CN2CC3CCCN3C[C@@H]2CCO)cc1. The Bertz CT molecular complexity index is 532. The molecule has 23 heavy (non-hydrogen) atoms. The Balaban J connectivity index is 1.65. The molecule has 5 heteroatoms. The fraction of sp³-hybridized carbons (Fsp3) is 0.611. The number of hydrogen-bond donors (Lipinski definition) is 2. The lowest BCUT2D eigenvalue weighted by molar-refractivity contribution is -0.114. The predicted octanol–water partition coefficient (Wildman–Crippen LogP) is 1.68. The number of aliphatic hydroxyl groups excluding tert-OH is 1. The Morgan fingerprint density at radius 1 is 1.30 bits per heavy atom. The van der Waals surface area contributed by atoms with Gasteiger partial charge in [-0.05, 0) is 43.5 Å². The van der Waals surface area contributed by atoms with Gasteiger partial charge in [0.05, 0.1) is 0 Å². The van der Waals surface area contributed by atoms with Gasteiger partial charge in [0.2, 0.25) is 5.91 Å². The summed E-state index contributed by atoms with van der Waals surface area (Å²) in [4.78, 5) is 16.2. The molecular formula is C18H27N3O2. The molecule has 2 fully saturated rings. The summed E-state index contributed by atoms with van der Waals surface area (Å²) < 4.78 is 0. The topological polar surface area (TPSA) is 55.8 Å². The van der Waals surface area contributed by atoms with Crippen molar-refractivity contribution in [2.75, 3.05) is 31.6 Å². The Morgan fingerprint density at radius 2 is 2.09 bits per heavy atom. The van der Waals surface area contributed by atoms with Crippen LogP contribution in [0.5, 0.6) is 0 Å². The molecule has 1 unspecified atom stereocenters. The van der Waals surface area contributed by atoms with Gasteiger partial charge >= 0.3 is 0 Å². The molecule has 2 aliphatic heterocycles. The number of aliphatic hydroxyl groups is 1. The molecule has 2 heterocycles. The van der Waals surface area contributed by atoms with Crippen molar-refractivity contribution in [3.8, 4) is 0 Å². The van der Waals surface area contributed by atoms with E-state index in [1.807, 2.05) is 12.1 Å². The molecule has 126 valence electrons. The third-order valence-corrected chi connectivity index (χ3v) is 5.03. The van der Waals surface area contributed by atoms with Crippen LogP contribution in [0.15, 0.2) is 24.3 Å². The van der Waals surface area contributed by atoms with Crippen molar-refractivity contribution in [2.24, 2.45) is 0 Å². The van der Waals surface area contributed by atoms with Crippen LogP contribution < -0.4 is 5.32 Å². The van der Waals surface area contributed by atoms with Crippen molar-refractivity contribution in [1.82, 2.24) is 9.80 Å². The number of piperazine rings is 1. The minimum absolute atomic E-state index is 0.0434. The Labute approximate surface area is 138 Å². The molecule has 1 aromatic rings. The molecule has 5 nitrogen and oxygen atoms in total. The van der Waals surface area contributed by atoms with Gasteiger partial charge in [0.25, 0.3) is 0 Å². The quantitative estimate of drug-likeness (QED) is 0.867. The number of carbonyl (C=O) groups excluding carboxylic acids is 1. The second kappa shape index (κ2) is 7.43. The summed E-state index contributed by atoms with van der Waals surface area (Å²) in [6.45, 7) is 6.07. The van der Waals surface area contributed by atoms with E-state index in [0.29, 0.717) is 12.1 Å². The highest BCUT2D eigenvalue weighted by molar-refractivity contribution is 5.88. The molecule has 0 radical (unpaired) electrons. The van der Waals surface area contributed by atoms with Crippen molar-refractivity contribution < 1.29 is 9.90 Å². The lowest BCUT2D eigenvalue weighted by atomic mass is 10.0. The number of carbonyl (C=O) groups is 1. The molecule has 0 bridgehead atoms. The number of anilines is 1. The zero-order valence-electron chi connectivity index (χ0n) is 13.9. The smallest absolute Gasteiger partial charge is 0.221 e. The molecule has 1 amide bonds. The fourth-order valence-corrected chi connectivity index (χ4v) is 3.90. The van der Waals surface area contributed by atoms with E-state index < -0.39 is 0 Å². The number of rotatable bonds is 5. The minimum atomic E-state index is -0.0434. The number of hydrogen-bond acceptors (Lipinski definition) is 4. The molecule has 2 atom stereocenters. The minimum Gasteiger partial charge on any atom is -0.396 e.